The highest BCUT2D eigenvalue weighted by atomic mass is 35.5. The first-order chi connectivity index (χ1) is 12.3. The molecular formula is C17H19ClFN3O3S. The van der Waals surface area contributed by atoms with Crippen LogP contribution in [0.5, 0.6) is 0 Å². The van der Waals surface area contributed by atoms with Crippen molar-refractivity contribution in [3.63, 3.8) is 0 Å². The maximum atomic E-state index is 13.1. The SMILES string of the molecule is Cn1cc(S(=O)(=O)N2CCCCC2)cc1C(=O)Nc1ccc(F)cc1Cl. The maximum absolute atomic E-state index is 13.1. The van der Waals surface area contributed by atoms with E-state index < -0.39 is 21.7 Å². The van der Waals surface area contributed by atoms with Gasteiger partial charge >= 0.3 is 0 Å². The molecule has 0 bridgehead atoms. The lowest BCUT2D eigenvalue weighted by Crippen LogP contribution is -2.35. The van der Waals surface area contributed by atoms with Crippen molar-refractivity contribution in [1.29, 1.82) is 0 Å². The number of sulfonamides is 1. The molecule has 0 spiro atoms. The molecule has 9 heteroatoms. The van der Waals surface area contributed by atoms with Gasteiger partial charge in [0, 0.05) is 26.3 Å². The van der Waals surface area contributed by atoms with E-state index in [1.54, 1.807) is 7.05 Å². The van der Waals surface area contributed by atoms with Crippen LogP contribution >= 0.6 is 11.6 Å². The topological polar surface area (TPSA) is 71.4 Å². The van der Waals surface area contributed by atoms with Gasteiger partial charge in [0.15, 0.2) is 0 Å². The highest BCUT2D eigenvalue weighted by molar-refractivity contribution is 7.89. The van der Waals surface area contributed by atoms with Gasteiger partial charge in [-0.3, -0.25) is 4.79 Å². The molecule has 1 N–H and O–H groups in total. The quantitative estimate of drug-likeness (QED) is 0.857. The molecule has 1 aliphatic heterocycles. The summed E-state index contributed by atoms with van der Waals surface area (Å²) in [7, 11) is -2.03. The second-order valence-corrected chi connectivity index (χ2v) is 8.56. The van der Waals surface area contributed by atoms with Gasteiger partial charge in [0.2, 0.25) is 10.0 Å². The molecule has 1 aromatic heterocycles. The Labute approximate surface area is 156 Å². The lowest BCUT2D eigenvalue weighted by atomic mass is 10.2. The predicted octanol–water partition coefficient (Wildman–Crippen LogP) is 3.24. The van der Waals surface area contributed by atoms with Crippen molar-refractivity contribution in [2.45, 2.75) is 24.2 Å². The third-order valence-electron chi connectivity index (χ3n) is 4.34. The first-order valence-electron chi connectivity index (χ1n) is 8.22. The minimum Gasteiger partial charge on any atom is -0.345 e. The number of aromatic nitrogens is 1. The van der Waals surface area contributed by atoms with E-state index in [4.69, 9.17) is 11.6 Å². The zero-order valence-electron chi connectivity index (χ0n) is 14.2. The molecule has 2 aromatic rings. The van der Waals surface area contributed by atoms with E-state index in [2.05, 4.69) is 5.32 Å². The maximum Gasteiger partial charge on any atom is 0.272 e. The number of hydrogen-bond donors (Lipinski definition) is 1. The zero-order valence-corrected chi connectivity index (χ0v) is 15.8. The van der Waals surface area contributed by atoms with Crippen LogP contribution in [0.25, 0.3) is 0 Å². The molecule has 0 radical (unpaired) electrons. The van der Waals surface area contributed by atoms with Crippen LogP contribution in [0.3, 0.4) is 0 Å². The average Bonchev–Trinajstić information content (AvgIpc) is 3.01. The Kier molecular flexibility index (Phi) is 5.36. The number of piperidine rings is 1. The summed E-state index contributed by atoms with van der Waals surface area (Å²) in [6.07, 6.45) is 4.11. The van der Waals surface area contributed by atoms with E-state index in [0.29, 0.717) is 13.1 Å². The fraction of sp³-hybridized carbons (Fsp3) is 0.353. The average molecular weight is 400 g/mol. The molecule has 1 saturated heterocycles. The van der Waals surface area contributed by atoms with Crippen molar-refractivity contribution in [2.75, 3.05) is 18.4 Å². The zero-order chi connectivity index (χ0) is 18.9. The number of carbonyl (C=O) groups excluding carboxylic acids is 1. The van der Waals surface area contributed by atoms with Crippen LogP contribution in [0.1, 0.15) is 29.8 Å². The van der Waals surface area contributed by atoms with Crippen molar-refractivity contribution >= 4 is 33.2 Å². The summed E-state index contributed by atoms with van der Waals surface area (Å²) in [5.74, 6) is -1.04. The Morgan fingerprint density at radius 1 is 1.19 bits per heavy atom. The van der Waals surface area contributed by atoms with Crippen LogP contribution in [0.15, 0.2) is 35.4 Å². The van der Waals surface area contributed by atoms with Gasteiger partial charge in [0.1, 0.15) is 16.4 Å². The molecule has 6 nitrogen and oxygen atoms in total. The van der Waals surface area contributed by atoms with Gasteiger partial charge in [-0.05, 0) is 37.1 Å². The molecule has 1 amide bonds. The number of amides is 1. The van der Waals surface area contributed by atoms with Crippen molar-refractivity contribution in [3.05, 3.63) is 47.0 Å². The third kappa shape index (κ3) is 3.77. The van der Waals surface area contributed by atoms with E-state index >= 15 is 0 Å². The first kappa shape index (κ1) is 18.9. The van der Waals surface area contributed by atoms with Gasteiger partial charge in [0.25, 0.3) is 5.91 Å². The molecule has 3 rings (SSSR count). The number of aryl methyl sites for hydroxylation is 1. The third-order valence-corrected chi connectivity index (χ3v) is 6.52. The van der Waals surface area contributed by atoms with E-state index in [9.17, 15) is 17.6 Å². The van der Waals surface area contributed by atoms with Crippen molar-refractivity contribution in [1.82, 2.24) is 8.87 Å². The molecule has 26 heavy (non-hydrogen) atoms. The van der Waals surface area contributed by atoms with Crippen LogP contribution in [-0.4, -0.2) is 36.3 Å². The number of benzene rings is 1. The molecule has 0 unspecified atom stereocenters. The number of nitrogens with zero attached hydrogens (tertiary/aromatic N) is 2. The van der Waals surface area contributed by atoms with E-state index in [0.717, 1.165) is 25.3 Å². The summed E-state index contributed by atoms with van der Waals surface area (Å²) >= 11 is 5.92. The van der Waals surface area contributed by atoms with Gasteiger partial charge in [-0.1, -0.05) is 18.0 Å². The van der Waals surface area contributed by atoms with E-state index in [1.165, 1.54) is 33.3 Å². The number of hydrogen-bond acceptors (Lipinski definition) is 3. The number of carbonyl (C=O) groups is 1. The van der Waals surface area contributed by atoms with Crippen LogP contribution in [-0.2, 0) is 17.1 Å². The highest BCUT2D eigenvalue weighted by Crippen LogP contribution is 2.25. The van der Waals surface area contributed by atoms with Crippen molar-refractivity contribution < 1.29 is 17.6 Å². The number of nitrogens with one attached hydrogen (secondary N) is 1. The van der Waals surface area contributed by atoms with Gasteiger partial charge < -0.3 is 9.88 Å². The summed E-state index contributed by atoms with van der Waals surface area (Å²) in [5, 5.41) is 2.64. The van der Waals surface area contributed by atoms with Crippen LogP contribution in [0, 0.1) is 5.82 Å². The largest absolute Gasteiger partial charge is 0.345 e. The molecule has 1 aliphatic rings. The van der Waals surface area contributed by atoms with Gasteiger partial charge in [0.05, 0.1) is 10.7 Å². The van der Waals surface area contributed by atoms with Crippen LogP contribution in [0.4, 0.5) is 10.1 Å². The predicted molar refractivity (Wildman–Crippen MR) is 97.4 cm³/mol. The standard InChI is InChI=1S/C17H19ClFN3O3S/c1-21-11-13(26(24,25)22-7-3-2-4-8-22)10-16(21)17(23)20-15-6-5-12(19)9-14(15)18/h5-6,9-11H,2-4,7-8H2,1H3,(H,20,23). The molecule has 1 fully saturated rings. The Morgan fingerprint density at radius 3 is 2.54 bits per heavy atom. The fourth-order valence-electron chi connectivity index (χ4n) is 2.93. The summed E-state index contributed by atoms with van der Waals surface area (Å²) in [6.45, 7) is 0.980. The molecule has 0 aliphatic carbocycles. The van der Waals surface area contributed by atoms with E-state index in [1.807, 2.05) is 0 Å². The van der Waals surface area contributed by atoms with Crippen LogP contribution < -0.4 is 5.32 Å². The van der Waals surface area contributed by atoms with Gasteiger partial charge in [-0.25, -0.2) is 12.8 Å². The second kappa shape index (κ2) is 7.38. The summed E-state index contributed by atoms with van der Waals surface area (Å²) < 4.78 is 41.5. The molecular weight excluding hydrogens is 381 g/mol. The minimum atomic E-state index is -3.63. The Balaban J connectivity index is 1.84. The van der Waals surface area contributed by atoms with E-state index in [-0.39, 0.29) is 21.3 Å². The highest BCUT2D eigenvalue weighted by Gasteiger charge is 2.28. The summed E-state index contributed by atoms with van der Waals surface area (Å²) in [6, 6.07) is 4.97. The normalized spacial score (nSPS) is 15.8. The number of anilines is 1. The Bertz CT molecular complexity index is 937. The molecule has 140 valence electrons. The minimum absolute atomic E-state index is 0.0636. The van der Waals surface area contributed by atoms with Crippen molar-refractivity contribution in [2.24, 2.45) is 7.05 Å². The van der Waals surface area contributed by atoms with Gasteiger partial charge in [-0.2, -0.15) is 4.31 Å². The van der Waals surface area contributed by atoms with Gasteiger partial charge in [-0.15, -0.1) is 0 Å². The molecule has 0 atom stereocenters. The summed E-state index contributed by atoms with van der Waals surface area (Å²) in [5.41, 5.74) is 0.417. The smallest absolute Gasteiger partial charge is 0.272 e. The second-order valence-electron chi connectivity index (χ2n) is 6.21. The molecule has 0 saturated carbocycles. The molecule has 1 aromatic carbocycles. The van der Waals surface area contributed by atoms with Crippen molar-refractivity contribution in [3.8, 4) is 0 Å². The first-order valence-corrected chi connectivity index (χ1v) is 10.0. The summed E-state index contributed by atoms with van der Waals surface area (Å²) in [4.78, 5) is 12.6. The monoisotopic (exact) mass is 399 g/mol. The fourth-order valence-corrected chi connectivity index (χ4v) is 4.74. The number of halogens is 2. The Morgan fingerprint density at radius 2 is 1.88 bits per heavy atom. The lowest BCUT2D eigenvalue weighted by Gasteiger charge is -2.25. The molecule has 2 heterocycles. The Hall–Kier alpha value is -1.90. The number of rotatable bonds is 4. The lowest BCUT2D eigenvalue weighted by molar-refractivity contribution is 0.101. The van der Waals surface area contributed by atoms with Crippen LogP contribution in [0.2, 0.25) is 5.02 Å².